The summed E-state index contributed by atoms with van der Waals surface area (Å²) in [6, 6.07) is 16.8. The molecule has 3 aliphatic heterocycles. The molecule has 356 valence electrons. The maximum atomic E-state index is 13.7. The average Bonchev–Trinajstić information content (AvgIpc) is 3.66. The maximum Gasteiger partial charge on any atom is 0.420 e. The minimum absolute atomic E-state index is 0.0116. The Morgan fingerprint density at radius 2 is 1.69 bits per heavy atom. The van der Waals surface area contributed by atoms with Crippen molar-refractivity contribution in [3.63, 3.8) is 0 Å². The van der Waals surface area contributed by atoms with Gasteiger partial charge in [-0.2, -0.15) is 4.98 Å². The van der Waals surface area contributed by atoms with Crippen molar-refractivity contribution < 1.29 is 28.1 Å². The molecule has 0 saturated carbocycles. The Morgan fingerprint density at radius 1 is 0.912 bits per heavy atom. The number of piperidine rings is 2. The van der Waals surface area contributed by atoms with Crippen molar-refractivity contribution in [2.45, 2.75) is 70.9 Å². The standard InChI is InChI=1S/C49H56BrN10O7P/c1-6-30-26-37(54-48-51-28-34(50)46(56-48)53-36-12-11-35-33(45(36)68(4,5)65)10-9-31(7-2)52-35)41(66-3)27-40(30)58-18-16-32(17-19-58)57-20-22-59(23-21-57)44(62)25-29-8-13-38-42(24-29)67-49(64)60(38)39-14-15-43(61)55-47(39)63/h8-13,24,26-28,32,39H,6-7,14-23,25H2,1-5H3,(H,55,61,63)(H2,51,53,54,56). The van der Waals surface area contributed by atoms with Crippen molar-refractivity contribution in [3.05, 3.63) is 92.6 Å². The van der Waals surface area contributed by atoms with E-state index in [4.69, 9.17) is 19.1 Å². The highest BCUT2D eigenvalue weighted by molar-refractivity contribution is 9.10. The number of carbonyl (C=O) groups is 3. The summed E-state index contributed by atoms with van der Waals surface area (Å²) in [7, 11) is -1.09. The fourth-order valence-electron chi connectivity index (χ4n) is 9.84. The van der Waals surface area contributed by atoms with Gasteiger partial charge in [-0.1, -0.05) is 26.0 Å². The van der Waals surface area contributed by atoms with E-state index in [1.807, 2.05) is 29.2 Å². The number of amides is 3. The van der Waals surface area contributed by atoms with Gasteiger partial charge in [-0.15, -0.1) is 0 Å². The number of aryl methyl sites for hydroxylation is 2. The van der Waals surface area contributed by atoms with Crippen LogP contribution < -0.4 is 36.6 Å². The fourth-order valence-corrected chi connectivity index (χ4v) is 11.6. The van der Waals surface area contributed by atoms with E-state index in [1.165, 1.54) is 10.1 Å². The zero-order chi connectivity index (χ0) is 47.9. The number of benzene rings is 3. The van der Waals surface area contributed by atoms with Crippen LogP contribution in [0.5, 0.6) is 5.75 Å². The number of nitrogens with zero attached hydrogens (tertiary/aromatic N) is 7. The Bertz CT molecular complexity index is 3040. The van der Waals surface area contributed by atoms with Crippen LogP contribution in [0, 0.1) is 0 Å². The molecular formula is C49H56BrN10O7P. The van der Waals surface area contributed by atoms with E-state index in [9.17, 15) is 23.7 Å². The van der Waals surface area contributed by atoms with Crippen molar-refractivity contribution >= 4 is 96.9 Å². The molecular weight excluding hydrogens is 951 g/mol. The molecule has 3 amide bonds. The highest BCUT2D eigenvalue weighted by Gasteiger charge is 2.33. The molecule has 9 rings (SSSR count). The van der Waals surface area contributed by atoms with Gasteiger partial charge in [-0.05, 0) is 109 Å². The van der Waals surface area contributed by atoms with Gasteiger partial charge in [0.15, 0.2) is 5.58 Å². The molecule has 1 atom stereocenters. The van der Waals surface area contributed by atoms with Gasteiger partial charge in [0.2, 0.25) is 23.7 Å². The number of pyridine rings is 1. The Kier molecular flexibility index (Phi) is 13.5. The quantitative estimate of drug-likeness (QED) is 0.0798. The molecule has 6 aromatic rings. The molecule has 3 aromatic carbocycles. The lowest BCUT2D eigenvalue weighted by molar-refractivity contribution is -0.136. The minimum Gasteiger partial charge on any atom is -0.494 e. The first-order valence-electron chi connectivity index (χ1n) is 23.2. The second-order valence-corrected chi connectivity index (χ2v) is 22.0. The number of imide groups is 1. The van der Waals surface area contributed by atoms with Gasteiger partial charge in [0.05, 0.1) is 40.4 Å². The maximum absolute atomic E-state index is 13.7. The summed E-state index contributed by atoms with van der Waals surface area (Å²) in [6.45, 7) is 12.4. The molecule has 0 aliphatic carbocycles. The Hall–Kier alpha value is -6.10. The van der Waals surface area contributed by atoms with Crippen molar-refractivity contribution in [3.8, 4) is 5.75 Å². The van der Waals surface area contributed by atoms with Crippen LogP contribution in [0.25, 0.3) is 22.0 Å². The van der Waals surface area contributed by atoms with E-state index in [2.05, 4.69) is 72.6 Å². The number of hydrogen-bond acceptors (Lipinski definition) is 14. The number of halogens is 1. The van der Waals surface area contributed by atoms with Crippen LogP contribution in [-0.2, 0) is 38.2 Å². The van der Waals surface area contributed by atoms with Gasteiger partial charge in [-0.3, -0.25) is 34.2 Å². The number of methoxy groups -OCH3 is 1. The van der Waals surface area contributed by atoms with Gasteiger partial charge >= 0.3 is 5.76 Å². The van der Waals surface area contributed by atoms with E-state index >= 15 is 0 Å². The number of nitrogens with one attached hydrogen (secondary N) is 3. The lowest BCUT2D eigenvalue weighted by Crippen LogP contribution is -2.54. The monoisotopic (exact) mass is 1010 g/mol. The number of oxazole rings is 1. The smallest absolute Gasteiger partial charge is 0.420 e. The Balaban J connectivity index is 0.813. The number of aromatic nitrogens is 4. The molecule has 1 unspecified atom stereocenters. The van der Waals surface area contributed by atoms with Crippen LogP contribution in [0.4, 0.5) is 28.8 Å². The number of anilines is 5. The normalized spacial score (nSPS) is 17.5. The largest absolute Gasteiger partial charge is 0.494 e. The average molecular weight is 1010 g/mol. The summed E-state index contributed by atoms with van der Waals surface area (Å²) in [5.74, 6) is 0.0188. The molecule has 68 heavy (non-hydrogen) atoms. The van der Waals surface area contributed by atoms with Crippen LogP contribution in [0.3, 0.4) is 0 Å². The summed E-state index contributed by atoms with van der Waals surface area (Å²) in [5.41, 5.74) is 7.02. The van der Waals surface area contributed by atoms with Crippen molar-refractivity contribution in [1.82, 2.24) is 34.6 Å². The molecule has 6 heterocycles. The van der Waals surface area contributed by atoms with Crippen LogP contribution in [0.1, 0.15) is 62.4 Å². The number of rotatable bonds is 13. The zero-order valence-electron chi connectivity index (χ0n) is 38.9. The third kappa shape index (κ3) is 9.63. The summed E-state index contributed by atoms with van der Waals surface area (Å²) < 4.78 is 27.1. The van der Waals surface area contributed by atoms with Crippen LogP contribution >= 0.6 is 23.1 Å². The molecule has 3 saturated heterocycles. The molecule has 17 nitrogen and oxygen atoms in total. The van der Waals surface area contributed by atoms with Gasteiger partial charge < -0.3 is 34.2 Å². The van der Waals surface area contributed by atoms with E-state index in [-0.39, 0.29) is 31.1 Å². The first kappa shape index (κ1) is 47.0. The van der Waals surface area contributed by atoms with Crippen LogP contribution in [0.15, 0.2) is 74.5 Å². The van der Waals surface area contributed by atoms with Gasteiger partial charge in [0.25, 0.3) is 0 Å². The first-order chi connectivity index (χ1) is 32.7. The van der Waals surface area contributed by atoms with E-state index in [0.717, 1.165) is 90.7 Å². The fraction of sp³-hybridized carbons (Fsp3) is 0.408. The second kappa shape index (κ2) is 19.5. The van der Waals surface area contributed by atoms with E-state index in [0.29, 0.717) is 57.9 Å². The van der Waals surface area contributed by atoms with Crippen molar-refractivity contribution in [2.75, 3.05) is 75.2 Å². The Labute approximate surface area is 402 Å². The predicted molar refractivity (Wildman–Crippen MR) is 268 cm³/mol. The van der Waals surface area contributed by atoms with Gasteiger partial charge in [0, 0.05) is 86.1 Å². The van der Waals surface area contributed by atoms with Crippen molar-refractivity contribution in [2.24, 2.45) is 0 Å². The lowest BCUT2D eigenvalue weighted by Gasteiger charge is -2.43. The molecule has 0 spiro atoms. The highest BCUT2D eigenvalue weighted by atomic mass is 79.9. The number of carbonyl (C=O) groups excluding carboxylic acids is 3. The topological polar surface area (TPSA) is 197 Å². The molecule has 3 aliphatic rings. The SMILES string of the molecule is CCc1ccc2c(P(C)(C)=O)c(Nc3nc(Nc4cc(CC)c(N5CCC(N6CCN(C(=O)Cc7ccc8c(c7)oc(=O)n8C7CCC(=O)NC7=O)CC6)CC5)cc4OC)ncc3Br)ccc2n1. The number of hydrogen-bond donors (Lipinski definition) is 3. The van der Waals surface area contributed by atoms with E-state index in [1.54, 1.807) is 44.8 Å². The van der Waals surface area contributed by atoms with Crippen LogP contribution in [0.2, 0.25) is 0 Å². The van der Waals surface area contributed by atoms with Crippen molar-refractivity contribution in [1.29, 1.82) is 0 Å². The summed E-state index contributed by atoms with van der Waals surface area (Å²) in [6.07, 6.45) is 5.82. The van der Waals surface area contributed by atoms with Gasteiger partial charge in [0.1, 0.15) is 24.8 Å². The number of piperazine rings is 1. The lowest BCUT2D eigenvalue weighted by atomic mass is 9.99. The third-order valence-corrected chi connectivity index (χ3v) is 15.5. The summed E-state index contributed by atoms with van der Waals surface area (Å²) in [4.78, 5) is 71.5. The Morgan fingerprint density at radius 3 is 2.40 bits per heavy atom. The minimum atomic E-state index is -2.75. The molecule has 3 aromatic heterocycles. The summed E-state index contributed by atoms with van der Waals surface area (Å²) in [5, 5.41) is 10.7. The highest BCUT2D eigenvalue weighted by Crippen LogP contribution is 2.42. The summed E-state index contributed by atoms with van der Waals surface area (Å²) >= 11 is 3.62. The first-order valence-corrected chi connectivity index (χ1v) is 26.6. The number of fused-ring (bicyclic) bond motifs is 2. The van der Waals surface area contributed by atoms with Crippen LogP contribution in [-0.4, -0.2) is 113 Å². The van der Waals surface area contributed by atoms with Gasteiger partial charge in [-0.25, -0.2) is 9.78 Å². The third-order valence-electron chi connectivity index (χ3n) is 13.4. The molecule has 3 fully saturated rings. The molecule has 0 bridgehead atoms. The second-order valence-electron chi connectivity index (χ2n) is 18.0. The predicted octanol–water partition coefficient (Wildman–Crippen LogP) is 6.90. The number of ether oxygens (including phenoxy) is 1. The van der Waals surface area contributed by atoms with E-state index < -0.39 is 24.8 Å². The zero-order valence-corrected chi connectivity index (χ0v) is 41.4. The molecule has 19 heteroatoms. The molecule has 0 radical (unpaired) electrons. The molecule has 3 N–H and O–H groups in total.